The molecule has 0 unspecified atom stereocenters. The monoisotopic (exact) mass is 338 g/mol. The standard InChI is InChI=1S/C25H38/c1-14(2)19-20(15(3)4)22(17(7)8)25(13-24(25,11)12)23(18(9)10)21(19)16(5)6/h13H2,1-12H3. The third-order valence-corrected chi connectivity index (χ3v) is 6.09. The van der Waals surface area contributed by atoms with Crippen molar-refractivity contribution in [1.29, 1.82) is 0 Å². The van der Waals surface area contributed by atoms with Crippen LogP contribution in [0.5, 0.6) is 0 Å². The summed E-state index contributed by atoms with van der Waals surface area (Å²) >= 11 is 0. The lowest BCUT2D eigenvalue weighted by molar-refractivity contribution is 0.495. The third-order valence-electron chi connectivity index (χ3n) is 6.09. The Labute approximate surface area is 156 Å². The first-order valence-electron chi connectivity index (χ1n) is 9.71. The first-order chi connectivity index (χ1) is 11.3. The van der Waals surface area contributed by atoms with Crippen LogP contribution in [0.15, 0.2) is 55.7 Å². The molecule has 2 aliphatic rings. The van der Waals surface area contributed by atoms with Gasteiger partial charge in [0.1, 0.15) is 0 Å². The summed E-state index contributed by atoms with van der Waals surface area (Å²) in [5.41, 5.74) is 15.5. The van der Waals surface area contributed by atoms with E-state index in [-0.39, 0.29) is 5.41 Å². The van der Waals surface area contributed by atoms with Crippen molar-refractivity contribution in [1.82, 2.24) is 0 Å². The zero-order valence-electron chi connectivity index (χ0n) is 18.7. The van der Waals surface area contributed by atoms with Crippen molar-refractivity contribution in [3.05, 3.63) is 55.7 Å². The molecule has 0 aromatic rings. The third kappa shape index (κ3) is 2.73. The average molecular weight is 339 g/mol. The van der Waals surface area contributed by atoms with Crippen LogP contribution in [0.2, 0.25) is 0 Å². The highest BCUT2D eigenvalue weighted by Gasteiger charge is 2.68. The average Bonchev–Trinajstić information content (AvgIpc) is 2.97. The van der Waals surface area contributed by atoms with Crippen molar-refractivity contribution in [3.8, 4) is 0 Å². The maximum atomic E-state index is 2.46. The molecule has 0 saturated heterocycles. The lowest BCUT2D eigenvalue weighted by Gasteiger charge is -2.42. The van der Waals surface area contributed by atoms with Gasteiger partial charge in [0, 0.05) is 5.41 Å². The lowest BCUT2D eigenvalue weighted by Crippen LogP contribution is -2.28. The molecular formula is C25H38. The van der Waals surface area contributed by atoms with E-state index in [1.807, 2.05) is 0 Å². The molecule has 0 radical (unpaired) electrons. The highest BCUT2D eigenvalue weighted by atomic mass is 14.7. The van der Waals surface area contributed by atoms with Gasteiger partial charge in [-0.05, 0) is 109 Å². The van der Waals surface area contributed by atoms with Crippen molar-refractivity contribution in [3.63, 3.8) is 0 Å². The van der Waals surface area contributed by atoms with E-state index in [1.54, 1.807) is 11.1 Å². The van der Waals surface area contributed by atoms with Gasteiger partial charge < -0.3 is 0 Å². The smallest absolute Gasteiger partial charge is 0.0270 e. The molecule has 0 nitrogen and oxygen atoms in total. The summed E-state index contributed by atoms with van der Waals surface area (Å²) in [5.74, 6) is 0. The summed E-state index contributed by atoms with van der Waals surface area (Å²) in [6.07, 6.45) is 1.25. The normalized spacial score (nSPS) is 24.7. The van der Waals surface area contributed by atoms with Gasteiger partial charge in [-0.15, -0.1) is 0 Å². The molecule has 0 aliphatic heterocycles. The molecule has 0 aromatic carbocycles. The molecule has 2 fully saturated rings. The second-order valence-corrected chi connectivity index (χ2v) is 9.84. The summed E-state index contributed by atoms with van der Waals surface area (Å²) in [5, 5.41) is 0. The number of hydrogen-bond donors (Lipinski definition) is 0. The number of rotatable bonds is 0. The SMILES string of the molecule is CC(C)=C1C(=C(C)C)C(=C(C)C)C2(CC2(C)C)C(=C(C)C)C1=C(C)C. The van der Waals surface area contributed by atoms with Crippen LogP contribution in [0.1, 0.15) is 89.5 Å². The molecule has 0 heterocycles. The highest BCUT2D eigenvalue weighted by molar-refractivity contribution is 5.78. The Bertz CT molecular complexity index is 712. The Kier molecular flexibility index (Phi) is 4.92. The number of allylic oxidation sites excluding steroid dienone is 10. The Morgan fingerprint density at radius 1 is 0.520 bits per heavy atom. The van der Waals surface area contributed by atoms with E-state index < -0.39 is 0 Å². The maximum absolute atomic E-state index is 2.46. The molecule has 2 rings (SSSR count). The van der Waals surface area contributed by atoms with Crippen LogP contribution in [0.25, 0.3) is 0 Å². The zero-order chi connectivity index (χ0) is 19.5. The molecular weight excluding hydrogens is 300 g/mol. The van der Waals surface area contributed by atoms with Crippen LogP contribution in [-0.4, -0.2) is 0 Å². The second-order valence-electron chi connectivity index (χ2n) is 9.84. The highest BCUT2D eigenvalue weighted by Crippen LogP contribution is 2.77. The van der Waals surface area contributed by atoms with Crippen LogP contribution in [0.3, 0.4) is 0 Å². The van der Waals surface area contributed by atoms with Gasteiger partial charge in [0.2, 0.25) is 0 Å². The molecule has 0 atom stereocenters. The second kappa shape index (κ2) is 6.15. The van der Waals surface area contributed by atoms with Crippen molar-refractivity contribution >= 4 is 0 Å². The zero-order valence-corrected chi connectivity index (χ0v) is 18.7. The van der Waals surface area contributed by atoms with Gasteiger partial charge >= 0.3 is 0 Å². The first kappa shape index (κ1) is 20.0. The minimum absolute atomic E-state index is 0.183. The van der Waals surface area contributed by atoms with Crippen molar-refractivity contribution in [2.45, 2.75) is 89.5 Å². The largest absolute Gasteiger partial charge is 0.0717 e. The predicted molar refractivity (Wildman–Crippen MR) is 113 cm³/mol. The van der Waals surface area contributed by atoms with E-state index in [9.17, 15) is 0 Å². The van der Waals surface area contributed by atoms with Gasteiger partial charge in [0.05, 0.1) is 0 Å². The van der Waals surface area contributed by atoms with Crippen molar-refractivity contribution in [2.24, 2.45) is 10.8 Å². The molecule has 0 heteroatoms. The van der Waals surface area contributed by atoms with Crippen LogP contribution >= 0.6 is 0 Å². The van der Waals surface area contributed by atoms with Gasteiger partial charge in [-0.2, -0.15) is 0 Å². The molecule has 2 saturated carbocycles. The van der Waals surface area contributed by atoms with Crippen LogP contribution in [-0.2, 0) is 0 Å². The van der Waals surface area contributed by atoms with E-state index in [4.69, 9.17) is 0 Å². The summed E-state index contributed by atoms with van der Waals surface area (Å²) < 4.78 is 0. The first-order valence-corrected chi connectivity index (χ1v) is 9.71. The lowest BCUT2D eigenvalue weighted by atomic mass is 9.61. The molecule has 1 spiro atoms. The van der Waals surface area contributed by atoms with E-state index in [0.29, 0.717) is 5.41 Å². The van der Waals surface area contributed by atoms with E-state index in [1.165, 1.54) is 51.0 Å². The number of hydrogen-bond acceptors (Lipinski definition) is 0. The topological polar surface area (TPSA) is 0 Å². The summed E-state index contributed by atoms with van der Waals surface area (Å²) in [6.45, 7) is 27.9. The maximum Gasteiger partial charge on any atom is 0.0270 e. The molecule has 0 amide bonds. The Balaban J connectivity index is 3.13. The van der Waals surface area contributed by atoms with Gasteiger partial charge in [0.25, 0.3) is 0 Å². The summed E-state index contributed by atoms with van der Waals surface area (Å²) in [7, 11) is 0. The molecule has 2 aliphatic carbocycles. The summed E-state index contributed by atoms with van der Waals surface area (Å²) in [4.78, 5) is 0. The van der Waals surface area contributed by atoms with Gasteiger partial charge in [-0.25, -0.2) is 0 Å². The van der Waals surface area contributed by atoms with Crippen LogP contribution in [0, 0.1) is 10.8 Å². The van der Waals surface area contributed by atoms with Crippen LogP contribution < -0.4 is 0 Å². The minimum Gasteiger partial charge on any atom is -0.0717 e. The molecule has 25 heavy (non-hydrogen) atoms. The fraction of sp³-hybridized carbons (Fsp3) is 0.600. The molecule has 0 N–H and O–H groups in total. The Hall–Kier alpha value is -1.30. The fourth-order valence-electron chi connectivity index (χ4n) is 5.25. The minimum atomic E-state index is 0.183. The van der Waals surface area contributed by atoms with Gasteiger partial charge in [0.15, 0.2) is 0 Å². The van der Waals surface area contributed by atoms with Crippen molar-refractivity contribution in [2.75, 3.05) is 0 Å². The Morgan fingerprint density at radius 2 is 0.800 bits per heavy atom. The van der Waals surface area contributed by atoms with Gasteiger partial charge in [-0.1, -0.05) is 41.7 Å². The quantitative estimate of drug-likeness (QED) is 0.418. The van der Waals surface area contributed by atoms with E-state index in [2.05, 4.69) is 83.1 Å². The summed E-state index contributed by atoms with van der Waals surface area (Å²) in [6, 6.07) is 0. The van der Waals surface area contributed by atoms with E-state index >= 15 is 0 Å². The Morgan fingerprint density at radius 3 is 0.960 bits per heavy atom. The molecule has 0 aromatic heterocycles. The molecule has 138 valence electrons. The van der Waals surface area contributed by atoms with Gasteiger partial charge in [-0.3, -0.25) is 0 Å². The fourth-order valence-corrected chi connectivity index (χ4v) is 5.25. The van der Waals surface area contributed by atoms with E-state index in [0.717, 1.165) is 0 Å². The van der Waals surface area contributed by atoms with Crippen LogP contribution in [0.4, 0.5) is 0 Å². The van der Waals surface area contributed by atoms with Crippen molar-refractivity contribution < 1.29 is 0 Å². The molecule has 0 bridgehead atoms. The predicted octanol–water partition coefficient (Wildman–Crippen LogP) is 8.10.